The maximum Gasteiger partial charge on any atom is 0.0769 e. The van der Waals surface area contributed by atoms with Crippen molar-refractivity contribution < 1.29 is 0 Å². The Kier molecular flexibility index (Phi) is 3.44. The third-order valence-corrected chi connectivity index (χ3v) is 3.17. The number of aryl methyl sites for hydroxylation is 1. The summed E-state index contributed by atoms with van der Waals surface area (Å²) < 4.78 is 3.89. The van der Waals surface area contributed by atoms with E-state index in [0.29, 0.717) is 0 Å². The van der Waals surface area contributed by atoms with Crippen LogP contribution in [-0.4, -0.2) is 28.7 Å². The second-order valence-electron chi connectivity index (χ2n) is 3.69. The van der Waals surface area contributed by atoms with Gasteiger partial charge in [0.15, 0.2) is 0 Å². The van der Waals surface area contributed by atoms with Gasteiger partial charge in [0.1, 0.15) is 0 Å². The summed E-state index contributed by atoms with van der Waals surface area (Å²) in [7, 11) is 0. The molecule has 1 saturated carbocycles. The summed E-state index contributed by atoms with van der Waals surface area (Å²) in [5.74, 6) is 0. The first-order valence-corrected chi connectivity index (χ1v) is 5.85. The highest BCUT2D eigenvalue weighted by atomic mass is 32.1. The predicted molar refractivity (Wildman–Crippen MR) is 57.4 cm³/mol. The molecule has 1 aromatic heterocycles. The molecule has 0 unspecified atom stereocenters. The predicted octanol–water partition coefficient (Wildman–Crippen LogP) is 0.688. The van der Waals surface area contributed by atoms with Crippen LogP contribution in [0.5, 0.6) is 0 Å². The van der Waals surface area contributed by atoms with Crippen molar-refractivity contribution in [3.63, 3.8) is 0 Å². The highest BCUT2D eigenvalue weighted by Gasteiger charge is 2.19. The van der Waals surface area contributed by atoms with Crippen molar-refractivity contribution in [2.45, 2.75) is 32.4 Å². The van der Waals surface area contributed by atoms with E-state index < -0.39 is 0 Å². The molecule has 1 aliphatic rings. The van der Waals surface area contributed by atoms with Gasteiger partial charge in [-0.05, 0) is 31.3 Å². The fraction of sp³-hybridized carbons (Fsp3) is 0.778. The molecule has 1 aromatic rings. The number of nitrogens with one attached hydrogen (secondary N) is 2. The quantitative estimate of drug-likeness (QED) is 0.681. The third kappa shape index (κ3) is 3.01. The molecule has 78 valence electrons. The van der Waals surface area contributed by atoms with Crippen LogP contribution in [0.15, 0.2) is 0 Å². The lowest BCUT2D eigenvalue weighted by molar-refractivity contribution is 0.610. The van der Waals surface area contributed by atoms with Crippen molar-refractivity contribution in [3.05, 3.63) is 10.6 Å². The first kappa shape index (κ1) is 10.0. The number of rotatable bonds is 6. The smallest absolute Gasteiger partial charge is 0.0769 e. The maximum absolute atomic E-state index is 3.97. The summed E-state index contributed by atoms with van der Waals surface area (Å²) in [4.78, 5) is 1.25. The van der Waals surface area contributed by atoms with E-state index in [2.05, 4.69) is 20.2 Å². The number of hydrogen-bond donors (Lipinski definition) is 2. The van der Waals surface area contributed by atoms with Gasteiger partial charge in [0.05, 0.1) is 10.6 Å². The van der Waals surface area contributed by atoms with E-state index in [9.17, 15) is 0 Å². The lowest BCUT2D eigenvalue weighted by Crippen LogP contribution is -2.28. The van der Waals surface area contributed by atoms with Gasteiger partial charge < -0.3 is 10.6 Å². The Morgan fingerprint density at radius 2 is 2.29 bits per heavy atom. The molecule has 0 aliphatic heterocycles. The summed E-state index contributed by atoms with van der Waals surface area (Å²) in [5, 5.41) is 10.8. The summed E-state index contributed by atoms with van der Waals surface area (Å²) >= 11 is 1.48. The van der Waals surface area contributed by atoms with Gasteiger partial charge in [0.25, 0.3) is 0 Å². The van der Waals surface area contributed by atoms with Crippen LogP contribution in [0.4, 0.5) is 0 Å². The van der Waals surface area contributed by atoms with E-state index in [1.165, 1.54) is 29.3 Å². The van der Waals surface area contributed by atoms with Crippen molar-refractivity contribution in [3.8, 4) is 0 Å². The molecule has 0 aromatic carbocycles. The minimum absolute atomic E-state index is 0.809. The summed E-state index contributed by atoms with van der Waals surface area (Å²) in [5.41, 5.74) is 1.05. The van der Waals surface area contributed by atoms with Gasteiger partial charge in [-0.1, -0.05) is 4.49 Å². The van der Waals surface area contributed by atoms with E-state index in [1.807, 2.05) is 6.92 Å². The molecule has 4 nitrogen and oxygen atoms in total. The number of nitrogens with zero attached hydrogens (tertiary/aromatic N) is 2. The monoisotopic (exact) mass is 212 g/mol. The van der Waals surface area contributed by atoms with Gasteiger partial charge in [-0.25, -0.2) is 0 Å². The first-order valence-electron chi connectivity index (χ1n) is 5.08. The molecule has 0 atom stereocenters. The molecule has 5 heteroatoms. The van der Waals surface area contributed by atoms with Crippen LogP contribution in [0.25, 0.3) is 0 Å². The van der Waals surface area contributed by atoms with Crippen LogP contribution in [0.2, 0.25) is 0 Å². The molecule has 0 spiro atoms. The second kappa shape index (κ2) is 4.82. The average Bonchev–Trinajstić information content (AvgIpc) is 2.91. The topological polar surface area (TPSA) is 49.8 Å². The molecule has 14 heavy (non-hydrogen) atoms. The Morgan fingerprint density at radius 3 is 2.93 bits per heavy atom. The van der Waals surface area contributed by atoms with Crippen molar-refractivity contribution >= 4 is 11.5 Å². The SMILES string of the molecule is Cc1nnsc1CNCCNC1CC1. The average molecular weight is 212 g/mol. The van der Waals surface area contributed by atoms with Crippen molar-refractivity contribution in [1.29, 1.82) is 0 Å². The van der Waals surface area contributed by atoms with E-state index in [0.717, 1.165) is 31.4 Å². The molecular formula is C9H16N4S. The normalized spacial score (nSPS) is 16.1. The second-order valence-corrected chi connectivity index (χ2v) is 4.53. The van der Waals surface area contributed by atoms with E-state index >= 15 is 0 Å². The molecular weight excluding hydrogens is 196 g/mol. The van der Waals surface area contributed by atoms with Crippen LogP contribution < -0.4 is 10.6 Å². The van der Waals surface area contributed by atoms with Gasteiger partial charge in [-0.15, -0.1) is 5.10 Å². The van der Waals surface area contributed by atoms with Gasteiger partial charge >= 0.3 is 0 Å². The summed E-state index contributed by atoms with van der Waals surface area (Å²) in [6.07, 6.45) is 2.72. The number of hydrogen-bond acceptors (Lipinski definition) is 5. The Hall–Kier alpha value is -0.520. The van der Waals surface area contributed by atoms with E-state index in [-0.39, 0.29) is 0 Å². The van der Waals surface area contributed by atoms with Gasteiger partial charge in [-0.3, -0.25) is 0 Å². The standard InChI is InChI=1S/C9H16N4S/c1-7-9(14-13-12-7)6-10-4-5-11-8-2-3-8/h8,10-11H,2-6H2,1H3. The molecule has 0 radical (unpaired) electrons. The lowest BCUT2D eigenvalue weighted by atomic mass is 10.4. The molecule has 0 bridgehead atoms. The van der Waals surface area contributed by atoms with E-state index in [1.54, 1.807) is 0 Å². The Labute approximate surface area is 88.3 Å². The van der Waals surface area contributed by atoms with Gasteiger partial charge in [-0.2, -0.15) is 0 Å². The largest absolute Gasteiger partial charge is 0.313 e. The summed E-state index contributed by atoms with van der Waals surface area (Å²) in [6, 6.07) is 0.809. The van der Waals surface area contributed by atoms with Gasteiger partial charge in [0.2, 0.25) is 0 Å². The molecule has 1 heterocycles. The highest BCUT2D eigenvalue weighted by Crippen LogP contribution is 2.17. The minimum Gasteiger partial charge on any atom is -0.313 e. The van der Waals surface area contributed by atoms with Crippen LogP contribution in [-0.2, 0) is 6.54 Å². The molecule has 2 N–H and O–H groups in total. The molecule has 1 fully saturated rings. The molecule has 2 rings (SSSR count). The van der Waals surface area contributed by atoms with Crippen LogP contribution in [0.3, 0.4) is 0 Å². The Bertz CT molecular complexity index is 282. The highest BCUT2D eigenvalue weighted by molar-refractivity contribution is 7.05. The van der Waals surface area contributed by atoms with Crippen LogP contribution in [0.1, 0.15) is 23.4 Å². The van der Waals surface area contributed by atoms with Crippen LogP contribution in [0, 0.1) is 6.92 Å². The van der Waals surface area contributed by atoms with Crippen molar-refractivity contribution in [2.24, 2.45) is 0 Å². The first-order chi connectivity index (χ1) is 6.86. The third-order valence-electron chi connectivity index (χ3n) is 2.34. The fourth-order valence-electron chi connectivity index (χ4n) is 1.27. The molecule has 1 aliphatic carbocycles. The van der Waals surface area contributed by atoms with Crippen molar-refractivity contribution in [1.82, 2.24) is 20.2 Å². The zero-order valence-electron chi connectivity index (χ0n) is 8.42. The Balaban J connectivity index is 1.56. The lowest BCUT2D eigenvalue weighted by Gasteiger charge is -2.03. The minimum atomic E-state index is 0.809. The maximum atomic E-state index is 3.97. The molecule has 0 amide bonds. The fourth-order valence-corrected chi connectivity index (χ4v) is 1.87. The molecule has 0 saturated heterocycles. The van der Waals surface area contributed by atoms with Crippen molar-refractivity contribution in [2.75, 3.05) is 13.1 Å². The van der Waals surface area contributed by atoms with Crippen LogP contribution >= 0.6 is 11.5 Å². The summed E-state index contributed by atoms with van der Waals surface area (Å²) in [6.45, 7) is 4.99. The zero-order valence-corrected chi connectivity index (χ0v) is 9.23. The van der Waals surface area contributed by atoms with Gasteiger partial charge in [0, 0.05) is 25.7 Å². The van der Waals surface area contributed by atoms with E-state index in [4.69, 9.17) is 0 Å². The number of aromatic nitrogens is 2. The zero-order chi connectivity index (χ0) is 9.80. The Morgan fingerprint density at radius 1 is 1.43 bits per heavy atom.